The van der Waals surface area contributed by atoms with Gasteiger partial charge in [0.1, 0.15) is 0 Å². The third kappa shape index (κ3) is 2.27. The molecule has 0 aromatic carbocycles. The summed E-state index contributed by atoms with van der Waals surface area (Å²) in [5, 5.41) is 12.1. The second-order valence-corrected chi connectivity index (χ2v) is 3.40. The maximum atomic E-state index is 10.3. The van der Waals surface area contributed by atoms with E-state index in [0.29, 0.717) is 11.4 Å². The fourth-order valence-electron chi connectivity index (χ4n) is 0.687. The van der Waals surface area contributed by atoms with Gasteiger partial charge in [0.15, 0.2) is 0 Å². The molecule has 0 unspecified atom stereocenters. The number of thioether (sulfide) groups is 1. The number of hydrogen-bond acceptors (Lipinski definition) is 4. The van der Waals surface area contributed by atoms with Gasteiger partial charge in [-0.3, -0.25) is 0 Å². The molecule has 0 aliphatic carbocycles. The van der Waals surface area contributed by atoms with Gasteiger partial charge in [-0.1, -0.05) is 12.1 Å². The molecule has 0 radical (unpaired) electrons. The lowest BCUT2D eigenvalue weighted by Crippen LogP contribution is -1.91. The molecule has 1 heterocycles. The Morgan fingerprint density at radius 1 is 1.83 bits per heavy atom. The van der Waals surface area contributed by atoms with Crippen molar-refractivity contribution >= 4 is 17.7 Å². The molecule has 5 heteroatoms. The maximum absolute atomic E-state index is 10.3. The molecule has 12 heavy (non-hydrogen) atoms. The molecule has 1 aromatic rings. The molecule has 1 aromatic heterocycles. The number of carboxylic acids is 1. The lowest BCUT2D eigenvalue weighted by molar-refractivity contribution is 0.0652. The van der Waals surface area contributed by atoms with Gasteiger partial charge in [0.25, 0.3) is 0 Å². The molecule has 1 rings (SSSR count). The van der Waals surface area contributed by atoms with Gasteiger partial charge in [-0.2, -0.15) is 11.8 Å². The molecule has 66 valence electrons. The topological polar surface area (TPSA) is 63.3 Å². The van der Waals surface area contributed by atoms with Crippen molar-refractivity contribution in [3.8, 4) is 0 Å². The fraction of sp³-hybridized carbons (Fsp3) is 0.429. The summed E-state index contributed by atoms with van der Waals surface area (Å²) >= 11 is 1.67. The average molecular weight is 187 g/mol. The number of aromatic nitrogens is 1. The molecular weight excluding hydrogens is 178 g/mol. The first-order valence-electron chi connectivity index (χ1n) is 3.50. The molecular formula is C7H9NO3S. The fourth-order valence-corrected chi connectivity index (χ4v) is 1.24. The van der Waals surface area contributed by atoms with Crippen LogP contribution >= 0.6 is 11.8 Å². The number of nitrogens with zero attached hydrogens (tertiary/aromatic N) is 1. The maximum Gasteiger partial charge on any atom is 0.374 e. The number of rotatable bonds is 4. The minimum absolute atomic E-state index is 0.0956. The van der Waals surface area contributed by atoms with Crippen LogP contribution in [0.1, 0.15) is 23.2 Å². The van der Waals surface area contributed by atoms with Crippen LogP contribution in [0.15, 0.2) is 10.6 Å². The highest BCUT2D eigenvalue weighted by Crippen LogP contribution is 2.11. The molecule has 4 nitrogen and oxygen atoms in total. The van der Waals surface area contributed by atoms with E-state index in [2.05, 4.69) is 9.68 Å². The van der Waals surface area contributed by atoms with Crippen molar-refractivity contribution in [1.29, 1.82) is 0 Å². The minimum Gasteiger partial charge on any atom is -0.475 e. The van der Waals surface area contributed by atoms with Crippen molar-refractivity contribution < 1.29 is 14.4 Å². The summed E-state index contributed by atoms with van der Waals surface area (Å²) in [4.78, 5) is 10.3. The summed E-state index contributed by atoms with van der Waals surface area (Å²) in [6, 6.07) is 1.45. The SMILES string of the molecule is CCSCc1cc(C(=O)O)on1. The number of hydrogen-bond donors (Lipinski definition) is 1. The molecule has 0 aliphatic rings. The van der Waals surface area contributed by atoms with Gasteiger partial charge in [-0.05, 0) is 5.75 Å². The van der Waals surface area contributed by atoms with Crippen LogP contribution < -0.4 is 0 Å². The lowest BCUT2D eigenvalue weighted by atomic mass is 10.4. The molecule has 0 spiro atoms. The Bertz CT molecular complexity index is 271. The van der Waals surface area contributed by atoms with Crippen molar-refractivity contribution in [1.82, 2.24) is 5.16 Å². The van der Waals surface area contributed by atoms with Crippen molar-refractivity contribution in [2.75, 3.05) is 5.75 Å². The van der Waals surface area contributed by atoms with E-state index in [1.54, 1.807) is 11.8 Å². The highest BCUT2D eigenvalue weighted by atomic mass is 32.2. The molecule has 0 atom stereocenters. The number of carbonyl (C=O) groups is 1. The van der Waals surface area contributed by atoms with E-state index in [0.717, 1.165) is 5.75 Å². The van der Waals surface area contributed by atoms with Gasteiger partial charge in [0.05, 0.1) is 5.69 Å². The van der Waals surface area contributed by atoms with Crippen LogP contribution in [0.4, 0.5) is 0 Å². The number of aromatic carboxylic acids is 1. The molecule has 0 amide bonds. The monoisotopic (exact) mass is 187 g/mol. The Kier molecular flexibility index (Phi) is 3.16. The summed E-state index contributed by atoms with van der Waals surface area (Å²) in [6.07, 6.45) is 0. The molecule has 0 aliphatic heterocycles. The van der Waals surface area contributed by atoms with E-state index in [1.807, 2.05) is 6.92 Å². The van der Waals surface area contributed by atoms with E-state index in [9.17, 15) is 4.79 Å². The lowest BCUT2D eigenvalue weighted by Gasteiger charge is -1.88. The summed E-state index contributed by atoms with van der Waals surface area (Å²) < 4.78 is 4.56. The largest absolute Gasteiger partial charge is 0.475 e. The second-order valence-electron chi connectivity index (χ2n) is 2.12. The quantitative estimate of drug-likeness (QED) is 0.776. The van der Waals surface area contributed by atoms with Gasteiger partial charge in [0.2, 0.25) is 5.76 Å². The van der Waals surface area contributed by atoms with Crippen LogP contribution in [0.3, 0.4) is 0 Å². The van der Waals surface area contributed by atoms with Crippen molar-refractivity contribution in [3.63, 3.8) is 0 Å². The Morgan fingerprint density at radius 2 is 2.58 bits per heavy atom. The van der Waals surface area contributed by atoms with Crippen LogP contribution in [0.2, 0.25) is 0 Å². The Hall–Kier alpha value is -0.970. The average Bonchev–Trinajstić information content (AvgIpc) is 2.48. The molecule has 0 saturated heterocycles. The first-order valence-corrected chi connectivity index (χ1v) is 4.66. The van der Waals surface area contributed by atoms with E-state index < -0.39 is 5.97 Å². The van der Waals surface area contributed by atoms with Crippen LogP contribution in [-0.4, -0.2) is 22.0 Å². The first-order chi connectivity index (χ1) is 5.74. The zero-order valence-corrected chi connectivity index (χ0v) is 7.43. The van der Waals surface area contributed by atoms with Crippen LogP contribution in [0, 0.1) is 0 Å². The summed E-state index contributed by atoms with van der Waals surface area (Å²) in [7, 11) is 0. The highest BCUT2D eigenvalue weighted by Gasteiger charge is 2.09. The zero-order chi connectivity index (χ0) is 8.97. The van der Waals surface area contributed by atoms with E-state index >= 15 is 0 Å². The van der Waals surface area contributed by atoms with Gasteiger partial charge >= 0.3 is 5.97 Å². The Labute approximate surface area is 73.9 Å². The standard InChI is InChI=1S/C7H9NO3S/c1-2-12-4-5-3-6(7(9)10)11-8-5/h3H,2,4H2,1H3,(H,9,10). The summed E-state index contributed by atoms with van der Waals surface area (Å²) in [5.74, 6) is 0.514. The molecule has 0 fully saturated rings. The Balaban J connectivity index is 2.58. The van der Waals surface area contributed by atoms with Crippen molar-refractivity contribution in [3.05, 3.63) is 17.5 Å². The molecule has 0 saturated carbocycles. The third-order valence-electron chi connectivity index (χ3n) is 1.22. The molecule has 1 N–H and O–H groups in total. The van der Waals surface area contributed by atoms with Gasteiger partial charge in [-0.15, -0.1) is 0 Å². The van der Waals surface area contributed by atoms with Crippen molar-refractivity contribution in [2.45, 2.75) is 12.7 Å². The summed E-state index contributed by atoms with van der Waals surface area (Å²) in [6.45, 7) is 2.03. The van der Waals surface area contributed by atoms with Crippen LogP contribution in [0.25, 0.3) is 0 Å². The minimum atomic E-state index is -1.07. The predicted molar refractivity (Wildman–Crippen MR) is 45.3 cm³/mol. The Morgan fingerprint density at radius 3 is 3.08 bits per heavy atom. The highest BCUT2D eigenvalue weighted by molar-refractivity contribution is 7.98. The smallest absolute Gasteiger partial charge is 0.374 e. The van der Waals surface area contributed by atoms with Gasteiger partial charge in [-0.25, -0.2) is 4.79 Å². The first kappa shape index (κ1) is 9.12. The third-order valence-corrected chi connectivity index (χ3v) is 2.13. The predicted octanol–water partition coefficient (Wildman–Crippen LogP) is 1.63. The number of carboxylic acid groups (broad SMARTS) is 1. The summed E-state index contributed by atoms with van der Waals surface area (Å²) in [5.41, 5.74) is 0.680. The van der Waals surface area contributed by atoms with E-state index in [1.165, 1.54) is 6.07 Å². The second kappa shape index (κ2) is 4.15. The normalized spacial score (nSPS) is 10.1. The van der Waals surface area contributed by atoms with Crippen LogP contribution in [-0.2, 0) is 5.75 Å². The van der Waals surface area contributed by atoms with E-state index in [4.69, 9.17) is 5.11 Å². The van der Waals surface area contributed by atoms with Gasteiger partial charge in [0, 0.05) is 11.8 Å². The van der Waals surface area contributed by atoms with E-state index in [-0.39, 0.29) is 5.76 Å². The van der Waals surface area contributed by atoms with Crippen molar-refractivity contribution in [2.24, 2.45) is 0 Å². The van der Waals surface area contributed by atoms with Gasteiger partial charge < -0.3 is 9.63 Å². The van der Waals surface area contributed by atoms with Crippen LogP contribution in [0.5, 0.6) is 0 Å². The molecule has 0 bridgehead atoms. The zero-order valence-electron chi connectivity index (χ0n) is 6.61.